The molecule has 2 heteroatoms. The summed E-state index contributed by atoms with van der Waals surface area (Å²) >= 11 is 0. The van der Waals surface area contributed by atoms with Gasteiger partial charge in [0.1, 0.15) is 0 Å². The van der Waals surface area contributed by atoms with Crippen LogP contribution in [0.15, 0.2) is 109 Å². The molecule has 0 spiro atoms. The molecular formula is C46H56HfSi-2. The summed E-state index contributed by atoms with van der Waals surface area (Å²) in [6.45, 7) is 17.9. The Labute approximate surface area is 313 Å². The second-order valence-corrected chi connectivity index (χ2v) is 14.5. The Morgan fingerprint density at radius 3 is 1.23 bits per heavy atom. The summed E-state index contributed by atoms with van der Waals surface area (Å²) in [5.41, 5.74) is 11.4. The fraction of sp³-hybridized carbons (Fsp3) is 0.348. The molecule has 0 saturated carbocycles. The first-order valence-electron chi connectivity index (χ1n) is 18.0. The number of fused-ring (bicyclic) bond motifs is 2. The predicted molar refractivity (Wildman–Crippen MR) is 213 cm³/mol. The van der Waals surface area contributed by atoms with Gasteiger partial charge in [-0.3, -0.25) is 0 Å². The maximum absolute atomic E-state index is 2.40. The van der Waals surface area contributed by atoms with Gasteiger partial charge >= 0.3 is 0 Å². The van der Waals surface area contributed by atoms with E-state index in [1.807, 2.05) is 0 Å². The normalized spacial score (nSPS) is 10.9. The topological polar surface area (TPSA) is 0 Å². The summed E-state index contributed by atoms with van der Waals surface area (Å²) in [6, 6.07) is 40.6. The minimum Gasteiger partial charge on any atom is -0.164 e. The largest absolute Gasteiger partial charge is 0.164 e. The summed E-state index contributed by atoms with van der Waals surface area (Å²) in [4.78, 5) is 0. The van der Waals surface area contributed by atoms with Crippen molar-refractivity contribution in [3.8, 4) is 22.3 Å². The van der Waals surface area contributed by atoms with E-state index in [0.717, 1.165) is 9.52 Å². The second kappa shape index (κ2) is 20.0. The molecule has 0 atom stereocenters. The van der Waals surface area contributed by atoms with Crippen LogP contribution in [0.1, 0.15) is 101 Å². The van der Waals surface area contributed by atoms with Crippen molar-refractivity contribution in [3.63, 3.8) is 0 Å². The molecule has 6 aromatic rings. The summed E-state index contributed by atoms with van der Waals surface area (Å²) in [5.74, 6) is 1.09. The number of aryl methyl sites for hydroxylation is 2. The Hall–Kier alpha value is -2.81. The van der Waals surface area contributed by atoms with Crippen LogP contribution in [0.4, 0.5) is 0 Å². The van der Waals surface area contributed by atoms with E-state index in [1.54, 1.807) is 0 Å². The van der Waals surface area contributed by atoms with Gasteiger partial charge in [0.2, 0.25) is 0 Å². The zero-order chi connectivity index (χ0) is 33.8. The molecule has 250 valence electrons. The molecule has 0 fully saturated rings. The van der Waals surface area contributed by atoms with Gasteiger partial charge < -0.3 is 0 Å². The summed E-state index contributed by atoms with van der Waals surface area (Å²) in [7, 11) is 1.08. The molecule has 0 heterocycles. The van der Waals surface area contributed by atoms with Gasteiger partial charge in [0.25, 0.3) is 0 Å². The van der Waals surface area contributed by atoms with E-state index in [2.05, 4.69) is 164 Å². The van der Waals surface area contributed by atoms with Crippen LogP contribution in [-0.4, -0.2) is 9.52 Å². The molecule has 0 nitrogen and oxygen atoms in total. The molecule has 0 aliphatic heterocycles. The molecule has 0 bridgehead atoms. The maximum Gasteiger partial charge on any atom is 0.0307 e. The van der Waals surface area contributed by atoms with Gasteiger partial charge in [-0.2, -0.15) is 12.1 Å². The van der Waals surface area contributed by atoms with Gasteiger partial charge in [0, 0.05) is 35.4 Å². The van der Waals surface area contributed by atoms with Crippen LogP contribution in [0.25, 0.3) is 43.8 Å². The van der Waals surface area contributed by atoms with Crippen molar-refractivity contribution in [2.45, 2.75) is 105 Å². The standard InChI is InChI=1S/2C22H25.C2H6Si.Hf/c2*1-4-5-9-17-14-18-10-8-13-21(22(18)15-17)20-12-7-6-11-19(20)16(2)3;1-3-2;/h2*6-8,10-16H,4-5,9H2,1-3H3;1-2H3;/q2*-1;;. The summed E-state index contributed by atoms with van der Waals surface area (Å²) < 4.78 is 0. The Morgan fingerprint density at radius 2 is 0.875 bits per heavy atom. The van der Waals surface area contributed by atoms with Crippen molar-refractivity contribution >= 4 is 31.1 Å². The molecule has 6 aromatic carbocycles. The zero-order valence-electron chi connectivity index (χ0n) is 30.8. The Balaban J connectivity index is 0.000000236. The number of hydrogen-bond donors (Lipinski definition) is 0. The average molecular weight is 816 g/mol. The fourth-order valence-corrected chi connectivity index (χ4v) is 6.61. The number of hydrogen-bond acceptors (Lipinski definition) is 0. The van der Waals surface area contributed by atoms with Crippen LogP contribution in [0.3, 0.4) is 0 Å². The first-order chi connectivity index (χ1) is 22.8. The number of benzene rings is 4. The zero-order valence-corrected chi connectivity index (χ0v) is 35.4. The molecule has 0 aromatic heterocycles. The van der Waals surface area contributed by atoms with Crippen molar-refractivity contribution in [2.24, 2.45) is 0 Å². The first-order valence-corrected chi connectivity index (χ1v) is 20.0. The van der Waals surface area contributed by atoms with Crippen molar-refractivity contribution in [1.82, 2.24) is 0 Å². The van der Waals surface area contributed by atoms with E-state index < -0.39 is 0 Å². The molecule has 2 radical (unpaired) electrons. The van der Waals surface area contributed by atoms with E-state index in [0.29, 0.717) is 11.8 Å². The third-order valence-corrected chi connectivity index (χ3v) is 9.00. The minimum atomic E-state index is 0. The molecule has 0 unspecified atom stereocenters. The van der Waals surface area contributed by atoms with Crippen molar-refractivity contribution in [1.29, 1.82) is 0 Å². The molecule has 0 amide bonds. The smallest absolute Gasteiger partial charge is 0.0307 e. The van der Waals surface area contributed by atoms with E-state index >= 15 is 0 Å². The van der Waals surface area contributed by atoms with Gasteiger partial charge in [0.15, 0.2) is 0 Å². The average Bonchev–Trinajstić information content (AvgIpc) is 3.71. The third kappa shape index (κ3) is 10.1. The van der Waals surface area contributed by atoms with Crippen LogP contribution in [-0.2, 0) is 38.7 Å². The molecule has 0 aliphatic rings. The van der Waals surface area contributed by atoms with Crippen LogP contribution in [0.2, 0.25) is 13.1 Å². The first kappa shape index (κ1) is 39.6. The van der Waals surface area contributed by atoms with Crippen LogP contribution < -0.4 is 0 Å². The Morgan fingerprint density at radius 1 is 0.521 bits per heavy atom. The maximum atomic E-state index is 2.40. The van der Waals surface area contributed by atoms with Gasteiger partial charge in [0.05, 0.1) is 0 Å². The fourth-order valence-electron chi connectivity index (χ4n) is 6.61. The SMILES string of the molecule is CCCCc1cc2c(-c3ccccc3C(C)C)cccc2[cH-]1.CCCCc1cc2c(-c3ccccc3C(C)C)cccc2[cH-]1.C[Si]C.[Hf]. The third-order valence-electron chi connectivity index (χ3n) is 9.00. The molecule has 0 saturated heterocycles. The van der Waals surface area contributed by atoms with Crippen molar-refractivity contribution in [3.05, 3.63) is 131 Å². The molecule has 0 aliphatic carbocycles. The number of unbranched alkanes of at least 4 members (excludes halogenated alkanes) is 2. The quantitative estimate of drug-likeness (QED) is 0.0954. The summed E-state index contributed by atoms with van der Waals surface area (Å²) in [6.07, 6.45) is 7.44. The molecule has 6 rings (SSSR count). The monoisotopic (exact) mass is 816 g/mol. The summed E-state index contributed by atoms with van der Waals surface area (Å²) in [5, 5.41) is 5.56. The van der Waals surface area contributed by atoms with E-state index in [4.69, 9.17) is 0 Å². The van der Waals surface area contributed by atoms with Gasteiger partial charge in [-0.1, -0.05) is 152 Å². The van der Waals surface area contributed by atoms with Crippen LogP contribution in [0, 0.1) is 0 Å². The van der Waals surface area contributed by atoms with Gasteiger partial charge in [-0.15, -0.1) is 69.1 Å². The Bertz CT molecular complexity index is 1680. The van der Waals surface area contributed by atoms with Crippen LogP contribution >= 0.6 is 0 Å². The van der Waals surface area contributed by atoms with Crippen LogP contribution in [0.5, 0.6) is 0 Å². The molecule has 48 heavy (non-hydrogen) atoms. The second-order valence-electron chi connectivity index (χ2n) is 13.5. The van der Waals surface area contributed by atoms with E-state index in [1.165, 1.54) is 105 Å². The predicted octanol–water partition coefficient (Wildman–Crippen LogP) is 14.2. The van der Waals surface area contributed by atoms with E-state index in [9.17, 15) is 0 Å². The minimum absolute atomic E-state index is 0. The Kier molecular flexibility index (Phi) is 16.5. The van der Waals surface area contributed by atoms with Gasteiger partial charge in [-0.25, -0.2) is 0 Å². The molecule has 0 N–H and O–H groups in total. The van der Waals surface area contributed by atoms with Crippen molar-refractivity contribution < 1.29 is 25.8 Å². The molecular weight excluding hydrogens is 759 g/mol. The number of rotatable bonds is 10. The van der Waals surface area contributed by atoms with E-state index in [-0.39, 0.29) is 25.8 Å². The van der Waals surface area contributed by atoms with Crippen molar-refractivity contribution in [2.75, 3.05) is 0 Å². The van der Waals surface area contributed by atoms with Gasteiger partial charge in [-0.05, 0) is 46.9 Å².